The van der Waals surface area contributed by atoms with Crippen LogP contribution in [0.3, 0.4) is 0 Å². The lowest BCUT2D eigenvalue weighted by Gasteiger charge is -2.65. The number of carbonyl (C=O) groups is 1. The fourth-order valence-electron chi connectivity index (χ4n) is 7.00. The molecule has 1 N–H and O–H groups in total. The Labute approximate surface area is 136 Å². The number of hydrogen-bond acceptors (Lipinski definition) is 1. The Morgan fingerprint density at radius 1 is 1.10 bits per heavy atom. The zero-order chi connectivity index (χ0) is 14.9. The summed E-state index contributed by atoms with van der Waals surface area (Å²) >= 11 is 3.56. The van der Waals surface area contributed by atoms with E-state index in [-0.39, 0.29) is 5.54 Å². The van der Waals surface area contributed by atoms with Crippen molar-refractivity contribution in [2.45, 2.75) is 77.2 Å². The lowest BCUT2D eigenvalue weighted by atomic mass is 9.40. The highest BCUT2D eigenvalue weighted by Crippen LogP contribution is 2.70. The molecule has 5 rings (SSSR count). The van der Waals surface area contributed by atoms with Crippen LogP contribution in [-0.4, -0.2) is 16.8 Å². The number of halogens is 1. The van der Waals surface area contributed by atoms with Crippen LogP contribution >= 0.6 is 15.9 Å². The molecule has 0 radical (unpaired) electrons. The number of amides is 1. The van der Waals surface area contributed by atoms with Gasteiger partial charge in [0.15, 0.2) is 0 Å². The van der Waals surface area contributed by atoms with Gasteiger partial charge in [-0.1, -0.05) is 29.8 Å². The Kier molecular flexibility index (Phi) is 2.96. The molecule has 2 unspecified atom stereocenters. The molecule has 118 valence electrons. The molecule has 5 aliphatic carbocycles. The molecule has 5 saturated carbocycles. The summed E-state index contributed by atoms with van der Waals surface area (Å²) in [5, 5.41) is 4.24. The van der Waals surface area contributed by atoms with Crippen LogP contribution < -0.4 is 5.32 Å². The molecular formula is C18H28BrNO. The summed E-state index contributed by atoms with van der Waals surface area (Å²) in [4.78, 5) is 12.6. The Balaban J connectivity index is 1.50. The second kappa shape index (κ2) is 4.27. The molecule has 0 saturated heterocycles. The maximum atomic E-state index is 12.6. The second-order valence-corrected chi connectivity index (χ2v) is 10.3. The van der Waals surface area contributed by atoms with Gasteiger partial charge >= 0.3 is 0 Å². The molecule has 0 heterocycles. The number of nitrogens with one attached hydrogen (secondary N) is 1. The first-order valence-corrected chi connectivity index (χ1v) is 9.77. The number of rotatable bonds is 4. The lowest BCUT2D eigenvalue weighted by Crippen LogP contribution is -2.56. The summed E-state index contributed by atoms with van der Waals surface area (Å²) in [5.74, 6) is 1.20. The monoisotopic (exact) mass is 353 g/mol. The Hall–Kier alpha value is -0.0500. The van der Waals surface area contributed by atoms with E-state index >= 15 is 0 Å². The van der Waals surface area contributed by atoms with Gasteiger partial charge in [-0.25, -0.2) is 0 Å². The molecule has 1 amide bonds. The molecule has 0 aromatic rings. The van der Waals surface area contributed by atoms with E-state index < -0.39 is 0 Å². The molecule has 4 bridgehead atoms. The predicted octanol–water partition coefficient (Wildman–Crippen LogP) is 4.42. The third kappa shape index (κ3) is 2.48. The summed E-state index contributed by atoms with van der Waals surface area (Å²) in [7, 11) is 0. The van der Waals surface area contributed by atoms with Gasteiger partial charge < -0.3 is 5.32 Å². The van der Waals surface area contributed by atoms with E-state index in [2.05, 4.69) is 35.1 Å². The van der Waals surface area contributed by atoms with Crippen molar-refractivity contribution < 1.29 is 4.79 Å². The summed E-state index contributed by atoms with van der Waals surface area (Å²) in [5.41, 5.74) is 1.45. The topological polar surface area (TPSA) is 29.1 Å². The minimum absolute atomic E-state index is 0.104. The quantitative estimate of drug-likeness (QED) is 0.744. The molecule has 0 spiro atoms. The summed E-state index contributed by atoms with van der Waals surface area (Å²) in [6.45, 7) is 4.98. The first-order chi connectivity index (χ1) is 9.78. The molecule has 0 aliphatic heterocycles. The normalized spacial score (nSPS) is 49.2. The third-order valence-electron chi connectivity index (χ3n) is 6.79. The van der Waals surface area contributed by atoms with Crippen LogP contribution in [-0.2, 0) is 4.79 Å². The molecular weight excluding hydrogens is 326 g/mol. The third-order valence-corrected chi connectivity index (χ3v) is 7.86. The molecule has 0 aromatic carbocycles. The van der Waals surface area contributed by atoms with Crippen LogP contribution in [0.4, 0.5) is 0 Å². The van der Waals surface area contributed by atoms with Crippen LogP contribution in [0, 0.1) is 22.2 Å². The highest BCUT2D eigenvalue weighted by Gasteiger charge is 2.60. The minimum atomic E-state index is 0.104. The van der Waals surface area contributed by atoms with Crippen LogP contribution in [0.15, 0.2) is 0 Å². The van der Waals surface area contributed by atoms with Crippen molar-refractivity contribution in [1.82, 2.24) is 5.32 Å². The highest BCUT2D eigenvalue weighted by atomic mass is 79.9. The maximum Gasteiger partial charge on any atom is 0.221 e. The average Bonchev–Trinajstić information content (AvgIpc) is 3.03. The first kappa shape index (κ1) is 14.5. The summed E-state index contributed by atoms with van der Waals surface area (Å²) < 4.78 is 0. The van der Waals surface area contributed by atoms with E-state index in [9.17, 15) is 4.79 Å². The van der Waals surface area contributed by atoms with E-state index in [1.807, 2.05) is 0 Å². The molecule has 0 aromatic heterocycles. The minimum Gasteiger partial charge on any atom is -0.350 e. The van der Waals surface area contributed by atoms with Gasteiger partial charge in [0, 0.05) is 17.3 Å². The molecule has 2 atom stereocenters. The Bertz CT molecular complexity index is 466. The lowest BCUT2D eigenvalue weighted by molar-refractivity contribution is -0.156. The van der Waals surface area contributed by atoms with Crippen molar-refractivity contribution in [3.05, 3.63) is 0 Å². The van der Waals surface area contributed by atoms with Crippen molar-refractivity contribution in [1.29, 1.82) is 0 Å². The zero-order valence-corrected chi connectivity index (χ0v) is 15.0. The van der Waals surface area contributed by atoms with E-state index in [0.29, 0.717) is 22.2 Å². The molecule has 5 fully saturated rings. The highest BCUT2D eigenvalue weighted by molar-refractivity contribution is 9.09. The van der Waals surface area contributed by atoms with Crippen molar-refractivity contribution in [2.24, 2.45) is 22.2 Å². The van der Waals surface area contributed by atoms with Gasteiger partial charge in [-0.05, 0) is 73.5 Å². The van der Waals surface area contributed by atoms with Gasteiger partial charge in [0.1, 0.15) is 0 Å². The molecule has 21 heavy (non-hydrogen) atoms. The second-order valence-electron chi connectivity index (χ2n) is 9.77. The standard InChI is InChI=1S/C18H28BrNO/c1-15-5-13-6-16(2,9-15)11-17(7-13,10-15)8-14(21)20-18(12-19)3-4-18/h13H,3-12H2,1-2H3,(H,20,21). The van der Waals surface area contributed by atoms with Crippen LogP contribution in [0.25, 0.3) is 0 Å². The van der Waals surface area contributed by atoms with Gasteiger partial charge in [0.25, 0.3) is 0 Å². The number of alkyl halides is 1. The van der Waals surface area contributed by atoms with Crippen molar-refractivity contribution in [3.8, 4) is 0 Å². The Morgan fingerprint density at radius 3 is 2.19 bits per heavy atom. The van der Waals surface area contributed by atoms with Gasteiger partial charge in [-0.3, -0.25) is 4.79 Å². The van der Waals surface area contributed by atoms with Gasteiger partial charge in [-0.2, -0.15) is 0 Å². The largest absolute Gasteiger partial charge is 0.350 e. The number of carbonyl (C=O) groups excluding carboxylic acids is 1. The van der Waals surface area contributed by atoms with Gasteiger partial charge in [-0.15, -0.1) is 0 Å². The van der Waals surface area contributed by atoms with Crippen LogP contribution in [0.2, 0.25) is 0 Å². The first-order valence-electron chi connectivity index (χ1n) is 8.65. The molecule has 3 heteroatoms. The predicted molar refractivity (Wildman–Crippen MR) is 88.4 cm³/mol. The van der Waals surface area contributed by atoms with E-state index in [1.165, 1.54) is 38.5 Å². The SMILES string of the molecule is CC12CC3CC(C)(C1)CC(CC(=O)NC1(CBr)CC1)(C3)C2. The Morgan fingerprint density at radius 2 is 1.71 bits per heavy atom. The van der Waals surface area contributed by atoms with Crippen molar-refractivity contribution in [3.63, 3.8) is 0 Å². The van der Waals surface area contributed by atoms with Gasteiger partial charge in [0.2, 0.25) is 5.91 Å². The van der Waals surface area contributed by atoms with E-state index in [4.69, 9.17) is 0 Å². The summed E-state index contributed by atoms with van der Waals surface area (Å²) in [6.07, 6.45) is 11.2. The average molecular weight is 354 g/mol. The van der Waals surface area contributed by atoms with Crippen LogP contribution in [0.1, 0.15) is 71.6 Å². The van der Waals surface area contributed by atoms with Crippen molar-refractivity contribution in [2.75, 3.05) is 5.33 Å². The fourth-order valence-corrected chi connectivity index (χ4v) is 7.71. The van der Waals surface area contributed by atoms with E-state index in [0.717, 1.165) is 30.5 Å². The van der Waals surface area contributed by atoms with Gasteiger partial charge in [0.05, 0.1) is 0 Å². The number of hydrogen-bond donors (Lipinski definition) is 1. The fraction of sp³-hybridized carbons (Fsp3) is 0.944. The summed E-state index contributed by atoms with van der Waals surface area (Å²) in [6, 6.07) is 0. The smallest absolute Gasteiger partial charge is 0.221 e. The van der Waals surface area contributed by atoms with E-state index in [1.54, 1.807) is 0 Å². The maximum absolute atomic E-state index is 12.6. The zero-order valence-electron chi connectivity index (χ0n) is 13.4. The molecule has 2 nitrogen and oxygen atoms in total. The van der Waals surface area contributed by atoms with Crippen LogP contribution in [0.5, 0.6) is 0 Å². The molecule has 5 aliphatic rings. The van der Waals surface area contributed by atoms with Crippen molar-refractivity contribution >= 4 is 21.8 Å².